The Morgan fingerprint density at radius 1 is 0.500 bits per heavy atom. The standard InChI is InChI=1S/C22H18O10.7C2H4O2/c23-11-6-14(25)12-8-19(32-22(30)10-4-16(27)20(29)17(28)5-10)21(31-18(12)7-11)9-1-2-13(24)15(26)3-9;7*1-2(3)4/h1-7,19,21,23-29H,8H2;7*1H3,(H,3,4)/t19-,21-;;;;;;;/m1......./s1. The molecule has 0 radical (unpaired) electrons. The summed E-state index contributed by atoms with van der Waals surface area (Å²) in [6.45, 7) is 7.58. The molecular weight excluding hydrogens is 816 g/mol. The molecule has 4 rings (SSSR count). The topological polar surface area (TPSA) is 438 Å². The Labute approximate surface area is 339 Å². The highest BCUT2D eigenvalue weighted by atomic mass is 16.6. The number of carbonyl (C=O) groups is 8. The molecule has 1 heterocycles. The molecule has 0 aromatic heterocycles. The van der Waals surface area contributed by atoms with E-state index in [9.17, 15) is 40.5 Å². The minimum Gasteiger partial charge on any atom is -0.508 e. The van der Waals surface area contributed by atoms with Crippen molar-refractivity contribution < 1.29 is 119 Å². The lowest BCUT2D eigenvalue weighted by Crippen LogP contribution is -2.34. The minimum atomic E-state index is -1.06. The number of phenolic OH excluding ortho intramolecular Hbond substituents is 7. The Bertz CT molecular complexity index is 1750. The summed E-state index contributed by atoms with van der Waals surface area (Å²) in [5.74, 6) is -10.3. The van der Waals surface area contributed by atoms with Crippen LogP contribution in [0, 0.1) is 0 Å². The van der Waals surface area contributed by atoms with E-state index in [0.29, 0.717) is 5.56 Å². The van der Waals surface area contributed by atoms with Crippen molar-refractivity contribution in [2.45, 2.75) is 67.1 Å². The van der Waals surface area contributed by atoms with Gasteiger partial charge in [-0.05, 0) is 24.3 Å². The molecule has 0 fully saturated rings. The molecule has 0 saturated carbocycles. The first-order chi connectivity index (χ1) is 27.3. The Morgan fingerprint density at radius 3 is 1.22 bits per heavy atom. The molecule has 24 heteroatoms. The number of benzene rings is 3. The van der Waals surface area contributed by atoms with E-state index in [-0.39, 0.29) is 40.5 Å². The number of carbonyl (C=O) groups excluding carboxylic acids is 1. The normalized spacial score (nSPS) is 12.1. The van der Waals surface area contributed by atoms with Crippen LogP contribution in [0.5, 0.6) is 46.0 Å². The van der Waals surface area contributed by atoms with E-state index in [1.807, 2.05) is 0 Å². The first-order valence-electron chi connectivity index (χ1n) is 15.8. The number of carboxylic acids is 7. The van der Waals surface area contributed by atoms with E-state index >= 15 is 0 Å². The van der Waals surface area contributed by atoms with Crippen LogP contribution in [-0.4, -0.2) is 125 Å². The van der Waals surface area contributed by atoms with Crippen LogP contribution in [0.4, 0.5) is 0 Å². The summed E-state index contributed by atoms with van der Waals surface area (Å²) in [5.41, 5.74) is 0.324. The van der Waals surface area contributed by atoms with Gasteiger partial charge in [0.1, 0.15) is 23.4 Å². The largest absolute Gasteiger partial charge is 0.508 e. The molecule has 1 aliphatic heterocycles. The number of hydrogen-bond donors (Lipinski definition) is 14. The Balaban J connectivity index is -0.000000455. The van der Waals surface area contributed by atoms with Crippen molar-refractivity contribution in [2.24, 2.45) is 0 Å². The number of aromatic hydroxyl groups is 7. The second-order valence-corrected chi connectivity index (χ2v) is 10.9. The van der Waals surface area contributed by atoms with Crippen molar-refractivity contribution in [1.29, 1.82) is 0 Å². The summed E-state index contributed by atoms with van der Waals surface area (Å²) in [6.07, 6.45) is -2.12. The Kier molecular flexibility index (Phi) is 29.3. The fourth-order valence-corrected chi connectivity index (χ4v) is 3.48. The highest BCUT2D eigenvalue weighted by Gasteiger charge is 2.37. The molecule has 0 unspecified atom stereocenters. The van der Waals surface area contributed by atoms with Crippen LogP contribution in [0.15, 0.2) is 42.5 Å². The van der Waals surface area contributed by atoms with Crippen molar-refractivity contribution in [3.63, 3.8) is 0 Å². The lowest BCUT2D eigenvalue weighted by atomic mass is 9.93. The zero-order valence-corrected chi connectivity index (χ0v) is 32.7. The molecule has 3 aromatic carbocycles. The van der Waals surface area contributed by atoms with Crippen molar-refractivity contribution in [3.8, 4) is 46.0 Å². The molecule has 60 heavy (non-hydrogen) atoms. The number of phenols is 7. The van der Waals surface area contributed by atoms with Crippen molar-refractivity contribution in [1.82, 2.24) is 0 Å². The molecule has 0 saturated heterocycles. The number of fused-ring (bicyclic) bond motifs is 1. The van der Waals surface area contributed by atoms with Gasteiger partial charge >= 0.3 is 5.97 Å². The molecule has 0 amide bonds. The highest BCUT2D eigenvalue weighted by molar-refractivity contribution is 5.91. The van der Waals surface area contributed by atoms with Crippen LogP contribution < -0.4 is 4.74 Å². The van der Waals surface area contributed by atoms with Gasteiger partial charge in [-0.2, -0.15) is 0 Å². The average molecular weight is 863 g/mol. The van der Waals surface area contributed by atoms with E-state index in [1.54, 1.807) is 0 Å². The van der Waals surface area contributed by atoms with Gasteiger partial charge in [0, 0.05) is 78.1 Å². The SMILES string of the molecule is CC(=O)O.CC(=O)O.CC(=O)O.CC(=O)O.CC(=O)O.CC(=O)O.CC(=O)O.O=C(O[C@@H]1Cc2c(O)cc(O)cc2O[C@@H]1c1ccc(O)c(O)c1)c1cc(O)c(O)c(O)c1. The number of hydrogen-bond acceptors (Lipinski definition) is 17. The van der Waals surface area contributed by atoms with Crippen LogP contribution in [0.2, 0.25) is 0 Å². The first kappa shape index (κ1) is 58.5. The van der Waals surface area contributed by atoms with Gasteiger partial charge in [0.05, 0.1) is 5.56 Å². The molecule has 14 N–H and O–H groups in total. The van der Waals surface area contributed by atoms with E-state index in [4.69, 9.17) is 78.8 Å². The smallest absolute Gasteiger partial charge is 0.338 e. The molecule has 0 spiro atoms. The second kappa shape index (κ2) is 30.0. The fourth-order valence-electron chi connectivity index (χ4n) is 3.48. The molecular formula is C36H46O24. The zero-order chi connectivity index (χ0) is 48.2. The predicted molar refractivity (Wildman–Crippen MR) is 200 cm³/mol. The summed E-state index contributed by atoms with van der Waals surface area (Å²) < 4.78 is 11.4. The number of esters is 1. The second-order valence-electron chi connectivity index (χ2n) is 10.9. The number of carboxylic acid groups (broad SMARTS) is 7. The minimum absolute atomic E-state index is 0.0461. The average Bonchev–Trinajstić information content (AvgIpc) is 3.03. The zero-order valence-electron chi connectivity index (χ0n) is 32.7. The van der Waals surface area contributed by atoms with Crippen molar-refractivity contribution in [3.05, 3.63) is 59.2 Å². The van der Waals surface area contributed by atoms with Gasteiger partial charge < -0.3 is 81.0 Å². The number of aliphatic carboxylic acids is 7. The van der Waals surface area contributed by atoms with Crippen LogP contribution in [-0.2, 0) is 44.7 Å². The Hall–Kier alpha value is -8.18. The van der Waals surface area contributed by atoms with Gasteiger partial charge in [-0.1, -0.05) is 6.07 Å². The summed E-state index contributed by atoms with van der Waals surface area (Å²) in [7, 11) is 0. The van der Waals surface area contributed by atoms with E-state index in [0.717, 1.165) is 66.7 Å². The lowest BCUT2D eigenvalue weighted by molar-refractivity contribution is -0.135. The quantitative estimate of drug-likeness (QED) is 0.133. The Morgan fingerprint density at radius 2 is 0.867 bits per heavy atom. The maximum atomic E-state index is 12.7. The maximum absolute atomic E-state index is 12.7. The van der Waals surface area contributed by atoms with Gasteiger partial charge in [0.2, 0.25) is 0 Å². The van der Waals surface area contributed by atoms with Crippen LogP contribution >= 0.6 is 0 Å². The molecule has 334 valence electrons. The van der Waals surface area contributed by atoms with Crippen LogP contribution in [0.3, 0.4) is 0 Å². The van der Waals surface area contributed by atoms with Crippen molar-refractivity contribution in [2.75, 3.05) is 0 Å². The van der Waals surface area contributed by atoms with Crippen LogP contribution in [0.25, 0.3) is 0 Å². The first-order valence-corrected chi connectivity index (χ1v) is 15.8. The van der Waals surface area contributed by atoms with E-state index in [1.165, 1.54) is 24.3 Å². The predicted octanol–water partition coefficient (Wildman–Crippen LogP) is 3.16. The van der Waals surface area contributed by atoms with Crippen LogP contribution in [0.1, 0.15) is 76.1 Å². The van der Waals surface area contributed by atoms with E-state index in [2.05, 4.69) is 0 Å². The van der Waals surface area contributed by atoms with Gasteiger partial charge in [-0.25, -0.2) is 4.79 Å². The maximum Gasteiger partial charge on any atom is 0.338 e. The molecule has 0 bridgehead atoms. The van der Waals surface area contributed by atoms with E-state index < -0.39 is 83.0 Å². The number of ether oxygens (including phenoxy) is 2. The fraction of sp³-hybridized carbons (Fsp3) is 0.278. The lowest BCUT2D eigenvalue weighted by Gasteiger charge is -2.34. The summed E-state index contributed by atoms with van der Waals surface area (Å²) in [5, 5.41) is 120. The highest BCUT2D eigenvalue weighted by Crippen LogP contribution is 2.44. The third-order valence-corrected chi connectivity index (χ3v) is 5.06. The molecule has 24 nitrogen and oxygen atoms in total. The molecule has 3 aromatic rings. The summed E-state index contributed by atoms with van der Waals surface area (Å²) in [4.78, 5) is 75.7. The third kappa shape index (κ3) is 32.1. The number of rotatable bonds is 3. The van der Waals surface area contributed by atoms with Gasteiger partial charge in [-0.15, -0.1) is 0 Å². The monoisotopic (exact) mass is 862 g/mol. The molecule has 1 aliphatic rings. The van der Waals surface area contributed by atoms with Crippen molar-refractivity contribution >= 4 is 47.8 Å². The van der Waals surface area contributed by atoms with Gasteiger partial charge in [0.15, 0.2) is 34.9 Å². The van der Waals surface area contributed by atoms with Gasteiger partial charge in [-0.3, -0.25) is 33.6 Å². The summed E-state index contributed by atoms with van der Waals surface area (Å²) in [6, 6.07) is 8.07. The third-order valence-electron chi connectivity index (χ3n) is 5.06. The van der Waals surface area contributed by atoms with Gasteiger partial charge in [0.25, 0.3) is 41.8 Å². The molecule has 2 atom stereocenters. The summed E-state index contributed by atoms with van der Waals surface area (Å²) >= 11 is 0. The molecule has 0 aliphatic carbocycles.